The van der Waals surface area contributed by atoms with Gasteiger partial charge in [-0.15, -0.1) is 0 Å². The lowest BCUT2D eigenvalue weighted by Gasteiger charge is -2.28. The summed E-state index contributed by atoms with van der Waals surface area (Å²) in [6.07, 6.45) is 0.973. The number of hydrogen-bond acceptors (Lipinski definition) is 4. The topological polar surface area (TPSA) is 61.8 Å². The normalized spacial score (nSPS) is 19.5. The Hall–Kier alpha value is -0.650. The fourth-order valence-electron chi connectivity index (χ4n) is 2.09. The van der Waals surface area contributed by atoms with Gasteiger partial charge < -0.3 is 20.1 Å². The van der Waals surface area contributed by atoms with Crippen molar-refractivity contribution in [3.05, 3.63) is 0 Å². The number of hydrogen-bond donors (Lipinski definition) is 2. The average Bonchev–Trinajstić information content (AvgIpc) is 2.39. The summed E-state index contributed by atoms with van der Waals surface area (Å²) in [5.41, 5.74) is 0. The molecular formula is C14H28N2O3. The third-order valence-corrected chi connectivity index (χ3v) is 3.55. The van der Waals surface area contributed by atoms with E-state index in [1.165, 1.54) is 0 Å². The molecule has 1 heterocycles. The molecule has 2 atom stereocenters. The van der Waals surface area contributed by atoms with Gasteiger partial charge in [0.15, 0.2) is 0 Å². The minimum absolute atomic E-state index is 0.148. The van der Waals surface area contributed by atoms with E-state index in [0.717, 1.165) is 13.0 Å². The average molecular weight is 272 g/mol. The van der Waals surface area contributed by atoms with Crippen LogP contribution in [-0.2, 0) is 9.53 Å². The van der Waals surface area contributed by atoms with Gasteiger partial charge in [-0.05, 0) is 25.8 Å². The van der Waals surface area contributed by atoms with Gasteiger partial charge in [0.2, 0.25) is 5.91 Å². The number of nitrogens with one attached hydrogen (secondary N) is 1. The molecule has 0 aromatic heterocycles. The van der Waals surface area contributed by atoms with Gasteiger partial charge in [0.25, 0.3) is 0 Å². The molecular weight excluding hydrogens is 244 g/mol. The van der Waals surface area contributed by atoms with Crippen LogP contribution in [-0.4, -0.2) is 60.9 Å². The zero-order valence-electron chi connectivity index (χ0n) is 12.4. The number of rotatable bonds is 7. The Labute approximate surface area is 116 Å². The minimum atomic E-state index is -0.269. The monoisotopic (exact) mass is 272 g/mol. The van der Waals surface area contributed by atoms with E-state index in [1.54, 1.807) is 0 Å². The number of ether oxygens (including phenoxy) is 1. The second kappa shape index (κ2) is 8.51. The molecule has 19 heavy (non-hydrogen) atoms. The number of nitrogens with zero attached hydrogens (tertiary/aromatic N) is 1. The highest BCUT2D eigenvalue weighted by Crippen LogP contribution is 2.06. The minimum Gasteiger partial charge on any atom is -0.393 e. The summed E-state index contributed by atoms with van der Waals surface area (Å²) in [5.74, 6) is 0.472. The predicted octanol–water partition coefficient (Wildman–Crippen LogP) is 0.620. The Morgan fingerprint density at radius 2 is 1.95 bits per heavy atom. The fourth-order valence-corrected chi connectivity index (χ4v) is 2.09. The number of carbonyl (C=O) groups is 1. The molecule has 0 spiro atoms. The quantitative estimate of drug-likeness (QED) is 0.713. The van der Waals surface area contributed by atoms with Gasteiger partial charge in [-0.3, -0.25) is 4.79 Å². The van der Waals surface area contributed by atoms with E-state index in [9.17, 15) is 9.90 Å². The third kappa shape index (κ3) is 6.36. The number of morpholine rings is 1. The van der Waals surface area contributed by atoms with Gasteiger partial charge in [0.1, 0.15) is 0 Å². The maximum Gasteiger partial charge on any atom is 0.224 e. The number of aliphatic hydroxyl groups is 1. The third-order valence-electron chi connectivity index (χ3n) is 3.55. The largest absolute Gasteiger partial charge is 0.393 e. The Balaban J connectivity index is 2.15. The molecule has 0 saturated carbocycles. The van der Waals surface area contributed by atoms with Crippen LogP contribution in [0.3, 0.4) is 0 Å². The zero-order chi connectivity index (χ0) is 14.3. The molecule has 1 rings (SSSR count). The molecule has 1 amide bonds. The molecule has 5 nitrogen and oxygen atoms in total. The van der Waals surface area contributed by atoms with E-state index in [1.807, 2.05) is 25.7 Å². The molecule has 1 saturated heterocycles. The van der Waals surface area contributed by atoms with Gasteiger partial charge >= 0.3 is 0 Å². The fraction of sp³-hybridized carbons (Fsp3) is 0.929. The molecule has 5 heteroatoms. The summed E-state index contributed by atoms with van der Waals surface area (Å²) in [4.78, 5) is 13.9. The second-order valence-corrected chi connectivity index (χ2v) is 5.65. The van der Waals surface area contributed by atoms with Crippen LogP contribution in [0.25, 0.3) is 0 Å². The summed E-state index contributed by atoms with van der Waals surface area (Å²) in [5, 5.41) is 13.0. The molecule has 0 bridgehead atoms. The molecule has 0 aromatic carbocycles. The smallest absolute Gasteiger partial charge is 0.224 e. The number of aliphatic hydroxyl groups excluding tert-OH is 1. The van der Waals surface area contributed by atoms with Crippen molar-refractivity contribution in [2.75, 3.05) is 32.8 Å². The highest BCUT2D eigenvalue weighted by atomic mass is 16.5. The van der Waals surface area contributed by atoms with E-state index < -0.39 is 0 Å². The zero-order valence-corrected chi connectivity index (χ0v) is 12.4. The molecule has 2 unspecified atom stereocenters. The first-order valence-electron chi connectivity index (χ1n) is 7.27. The van der Waals surface area contributed by atoms with Crippen molar-refractivity contribution in [2.24, 2.45) is 5.92 Å². The summed E-state index contributed by atoms with van der Waals surface area (Å²) >= 11 is 0. The second-order valence-electron chi connectivity index (χ2n) is 5.65. The van der Waals surface area contributed by atoms with E-state index >= 15 is 0 Å². The highest BCUT2D eigenvalue weighted by molar-refractivity contribution is 5.76. The van der Waals surface area contributed by atoms with Crippen LogP contribution in [0, 0.1) is 5.92 Å². The molecule has 2 N–H and O–H groups in total. The molecule has 0 radical (unpaired) electrons. The van der Waals surface area contributed by atoms with Crippen molar-refractivity contribution >= 4 is 5.91 Å². The van der Waals surface area contributed by atoms with Crippen molar-refractivity contribution in [3.8, 4) is 0 Å². The molecule has 112 valence electrons. The molecule has 0 aliphatic carbocycles. The lowest BCUT2D eigenvalue weighted by Crippen LogP contribution is -2.43. The lowest BCUT2D eigenvalue weighted by atomic mass is 10.0. The Morgan fingerprint density at radius 3 is 2.53 bits per heavy atom. The van der Waals surface area contributed by atoms with Crippen molar-refractivity contribution in [2.45, 2.75) is 45.8 Å². The summed E-state index contributed by atoms with van der Waals surface area (Å²) in [6, 6.07) is 0.148. The SMILES string of the molecule is CC(CC(=O)N1CCOCC1)NCCC(O)C(C)C. The molecule has 1 aliphatic rings. The molecule has 1 aliphatic heterocycles. The van der Waals surface area contributed by atoms with Gasteiger partial charge in [-0.1, -0.05) is 13.8 Å². The van der Waals surface area contributed by atoms with Crippen LogP contribution in [0.15, 0.2) is 0 Å². The predicted molar refractivity (Wildman–Crippen MR) is 74.9 cm³/mol. The van der Waals surface area contributed by atoms with Crippen molar-refractivity contribution in [3.63, 3.8) is 0 Å². The maximum atomic E-state index is 12.0. The first-order chi connectivity index (χ1) is 9.00. The number of amides is 1. The molecule has 1 fully saturated rings. The van der Waals surface area contributed by atoms with Crippen LogP contribution in [0.4, 0.5) is 0 Å². The first-order valence-corrected chi connectivity index (χ1v) is 7.27. The van der Waals surface area contributed by atoms with Crippen LogP contribution >= 0.6 is 0 Å². The Bertz CT molecular complexity index is 265. The van der Waals surface area contributed by atoms with Crippen LogP contribution in [0.2, 0.25) is 0 Å². The van der Waals surface area contributed by atoms with E-state index in [-0.39, 0.29) is 24.0 Å². The van der Waals surface area contributed by atoms with Gasteiger partial charge in [-0.25, -0.2) is 0 Å². The number of carbonyl (C=O) groups excluding carboxylic acids is 1. The molecule has 0 aromatic rings. The summed E-state index contributed by atoms with van der Waals surface area (Å²) in [6.45, 7) is 9.49. The summed E-state index contributed by atoms with van der Waals surface area (Å²) < 4.78 is 5.23. The van der Waals surface area contributed by atoms with Crippen molar-refractivity contribution in [1.29, 1.82) is 0 Å². The maximum absolute atomic E-state index is 12.0. The lowest BCUT2D eigenvalue weighted by molar-refractivity contribution is -0.135. The van der Waals surface area contributed by atoms with E-state index in [0.29, 0.717) is 32.7 Å². The first kappa shape index (κ1) is 16.4. The van der Waals surface area contributed by atoms with Gasteiger partial charge in [0, 0.05) is 25.6 Å². The Kier molecular flexibility index (Phi) is 7.34. The van der Waals surface area contributed by atoms with E-state index in [2.05, 4.69) is 5.32 Å². The van der Waals surface area contributed by atoms with Crippen molar-refractivity contribution < 1.29 is 14.6 Å². The van der Waals surface area contributed by atoms with Gasteiger partial charge in [0.05, 0.1) is 19.3 Å². The summed E-state index contributed by atoms with van der Waals surface area (Å²) in [7, 11) is 0. The van der Waals surface area contributed by atoms with Crippen molar-refractivity contribution in [1.82, 2.24) is 10.2 Å². The highest BCUT2D eigenvalue weighted by Gasteiger charge is 2.19. The van der Waals surface area contributed by atoms with Crippen LogP contribution < -0.4 is 5.32 Å². The van der Waals surface area contributed by atoms with Crippen LogP contribution in [0.5, 0.6) is 0 Å². The standard InChI is InChI=1S/C14H28N2O3/c1-11(2)13(17)4-5-15-12(3)10-14(18)16-6-8-19-9-7-16/h11-13,15,17H,4-10H2,1-3H3. The Morgan fingerprint density at radius 1 is 1.32 bits per heavy atom. The van der Waals surface area contributed by atoms with E-state index in [4.69, 9.17) is 4.74 Å². The van der Waals surface area contributed by atoms with Crippen LogP contribution in [0.1, 0.15) is 33.6 Å². The van der Waals surface area contributed by atoms with Gasteiger partial charge in [-0.2, -0.15) is 0 Å².